The number of nitrogen functional groups attached to an aromatic ring is 1. The topological polar surface area (TPSA) is 79.1 Å². The molecule has 2 aromatic rings. The summed E-state index contributed by atoms with van der Waals surface area (Å²) in [4.78, 5) is 10.7. The molecule has 3 rings (SSSR count). The summed E-state index contributed by atoms with van der Waals surface area (Å²) < 4.78 is 13.7. The summed E-state index contributed by atoms with van der Waals surface area (Å²) in [6, 6.07) is 8.92. The van der Waals surface area contributed by atoms with E-state index in [4.69, 9.17) is 5.73 Å². The van der Waals surface area contributed by atoms with Crippen molar-refractivity contribution in [2.45, 2.75) is 19.5 Å². The number of rotatable bonds is 4. The first-order valence-corrected chi connectivity index (χ1v) is 7.72. The summed E-state index contributed by atoms with van der Waals surface area (Å²) in [6.07, 6.45) is 0. The van der Waals surface area contributed by atoms with Crippen molar-refractivity contribution in [3.05, 3.63) is 41.7 Å². The van der Waals surface area contributed by atoms with E-state index < -0.39 is 0 Å². The van der Waals surface area contributed by atoms with Gasteiger partial charge in [-0.05, 0) is 13.0 Å². The quantitative estimate of drug-likeness (QED) is 0.795. The SMILES string of the molecule is C[C@H]1CN(c2cc(NCc3ccccc3F)nc(N)n2)CCN1. The zero-order valence-electron chi connectivity index (χ0n) is 13.1. The summed E-state index contributed by atoms with van der Waals surface area (Å²) in [6.45, 7) is 5.12. The van der Waals surface area contributed by atoms with Gasteiger partial charge in [-0.15, -0.1) is 0 Å². The molecule has 1 atom stereocenters. The number of nitrogens with two attached hydrogens (primary N) is 1. The van der Waals surface area contributed by atoms with Gasteiger partial charge in [0.25, 0.3) is 0 Å². The Hall–Kier alpha value is -2.41. The van der Waals surface area contributed by atoms with Crippen LogP contribution in [-0.4, -0.2) is 35.6 Å². The van der Waals surface area contributed by atoms with E-state index in [1.165, 1.54) is 6.07 Å². The van der Waals surface area contributed by atoms with Crippen molar-refractivity contribution >= 4 is 17.6 Å². The van der Waals surface area contributed by atoms with E-state index in [-0.39, 0.29) is 11.8 Å². The van der Waals surface area contributed by atoms with Crippen LogP contribution < -0.4 is 21.3 Å². The Balaban J connectivity index is 1.74. The third-order valence-electron chi connectivity index (χ3n) is 3.84. The standard InChI is InChI=1S/C16H21FN6/c1-11-10-23(7-6-19-11)15-8-14(21-16(18)22-15)20-9-12-4-2-3-5-13(12)17/h2-5,8,11,19H,6-7,9-10H2,1H3,(H3,18,20,21,22)/t11-/m0/s1. The normalized spacial score (nSPS) is 18.0. The zero-order valence-corrected chi connectivity index (χ0v) is 13.1. The predicted molar refractivity (Wildman–Crippen MR) is 89.8 cm³/mol. The van der Waals surface area contributed by atoms with Gasteiger partial charge < -0.3 is 21.3 Å². The molecular formula is C16H21FN6. The molecule has 0 radical (unpaired) electrons. The van der Waals surface area contributed by atoms with Gasteiger partial charge in [-0.1, -0.05) is 18.2 Å². The number of hydrogen-bond donors (Lipinski definition) is 3. The molecule has 1 fully saturated rings. The fraction of sp³-hybridized carbons (Fsp3) is 0.375. The molecule has 0 unspecified atom stereocenters. The Bertz CT molecular complexity index is 677. The van der Waals surface area contributed by atoms with Gasteiger partial charge in [0.1, 0.15) is 17.5 Å². The van der Waals surface area contributed by atoms with Crippen LogP contribution in [0, 0.1) is 5.82 Å². The maximum Gasteiger partial charge on any atom is 0.223 e. The fourth-order valence-corrected chi connectivity index (χ4v) is 2.67. The van der Waals surface area contributed by atoms with Crippen LogP contribution in [-0.2, 0) is 6.54 Å². The maximum absolute atomic E-state index is 13.7. The van der Waals surface area contributed by atoms with Crippen LogP contribution in [0.3, 0.4) is 0 Å². The Kier molecular flexibility index (Phi) is 4.57. The first-order valence-electron chi connectivity index (χ1n) is 7.72. The molecule has 4 N–H and O–H groups in total. The second kappa shape index (κ2) is 6.78. The number of hydrogen-bond acceptors (Lipinski definition) is 6. The lowest BCUT2D eigenvalue weighted by molar-refractivity contribution is 0.482. The molecule has 0 spiro atoms. The van der Waals surface area contributed by atoms with Gasteiger partial charge in [0, 0.05) is 43.9 Å². The second-order valence-electron chi connectivity index (χ2n) is 5.72. The highest BCUT2D eigenvalue weighted by atomic mass is 19.1. The molecule has 6 nitrogen and oxygen atoms in total. The van der Waals surface area contributed by atoms with Crippen LogP contribution in [0.15, 0.2) is 30.3 Å². The van der Waals surface area contributed by atoms with Gasteiger partial charge in [-0.2, -0.15) is 9.97 Å². The van der Waals surface area contributed by atoms with Gasteiger partial charge in [0.15, 0.2) is 0 Å². The molecular weight excluding hydrogens is 295 g/mol. The summed E-state index contributed by atoms with van der Waals surface area (Å²) in [5, 5.41) is 6.51. The summed E-state index contributed by atoms with van der Waals surface area (Å²) >= 11 is 0. The summed E-state index contributed by atoms with van der Waals surface area (Å²) in [5.74, 6) is 1.37. The van der Waals surface area contributed by atoms with Crippen LogP contribution in [0.1, 0.15) is 12.5 Å². The molecule has 0 aliphatic carbocycles. The number of aromatic nitrogens is 2. The first-order chi connectivity index (χ1) is 11.1. The number of nitrogens with zero attached hydrogens (tertiary/aromatic N) is 3. The van der Waals surface area contributed by atoms with Gasteiger partial charge in [-0.25, -0.2) is 4.39 Å². The van der Waals surface area contributed by atoms with Gasteiger partial charge in [-0.3, -0.25) is 0 Å². The van der Waals surface area contributed by atoms with Crippen molar-refractivity contribution in [3.63, 3.8) is 0 Å². The molecule has 0 saturated carbocycles. The largest absolute Gasteiger partial charge is 0.368 e. The third kappa shape index (κ3) is 3.87. The summed E-state index contributed by atoms with van der Waals surface area (Å²) in [7, 11) is 0. The third-order valence-corrected chi connectivity index (χ3v) is 3.84. The summed E-state index contributed by atoms with van der Waals surface area (Å²) in [5.41, 5.74) is 6.41. The van der Waals surface area contributed by atoms with Crippen molar-refractivity contribution in [2.75, 3.05) is 35.6 Å². The molecule has 1 aromatic carbocycles. The minimum absolute atomic E-state index is 0.213. The van der Waals surface area contributed by atoms with Crippen LogP contribution in [0.25, 0.3) is 0 Å². The Morgan fingerprint density at radius 2 is 2.22 bits per heavy atom. The lowest BCUT2D eigenvalue weighted by Gasteiger charge is -2.32. The molecule has 0 bridgehead atoms. The van der Waals surface area contributed by atoms with Crippen LogP contribution in [0.4, 0.5) is 22.0 Å². The molecule has 2 heterocycles. The minimum Gasteiger partial charge on any atom is -0.368 e. The van der Waals surface area contributed by atoms with E-state index in [0.717, 1.165) is 25.5 Å². The number of piperazine rings is 1. The van der Waals surface area contributed by atoms with Crippen molar-refractivity contribution in [1.82, 2.24) is 15.3 Å². The average Bonchev–Trinajstić information content (AvgIpc) is 2.54. The molecule has 1 aliphatic rings. The van der Waals surface area contributed by atoms with E-state index in [0.29, 0.717) is 24.0 Å². The van der Waals surface area contributed by atoms with Crippen molar-refractivity contribution in [3.8, 4) is 0 Å². The van der Waals surface area contributed by atoms with E-state index in [9.17, 15) is 4.39 Å². The minimum atomic E-state index is -0.238. The average molecular weight is 316 g/mol. The molecule has 1 saturated heterocycles. The van der Waals surface area contributed by atoms with Crippen LogP contribution in [0.5, 0.6) is 0 Å². The smallest absolute Gasteiger partial charge is 0.223 e. The lowest BCUT2D eigenvalue weighted by Crippen LogP contribution is -2.49. The highest BCUT2D eigenvalue weighted by molar-refractivity contribution is 5.53. The zero-order chi connectivity index (χ0) is 16.2. The van der Waals surface area contributed by atoms with E-state index in [1.807, 2.05) is 12.1 Å². The van der Waals surface area contributed by atoms with E-state index >= 15 is 0 Å². The van der Waals surface area contributed by atoms with Crippen molar-refractivity contribution in [2.24, 2.45) is 0 Å². The molecule has 1 aromatic heterocycles. The van der Waals surface area contributed by atoms with Gasteiger partial charge in [0.2, 0.25) is 5.95 Å². The lowest BCUT2D eigenvalue weighted by atomic mass is 10.2. The second-order valence-corrected chi connectivity index (χ2v) is 5.72. The fourth-order valence-electron chi connectivity index (χ4n) is 2.67. The number of halogens is 1. The molecule has 122 valence electrons. The Labute approximate surface area is 134 Å². The maximum atomic E-state index is 13.7. The monoisotopic (exact) mass is 316 g/mol. The van der Waals surface area contributed by atoms with Gasteiger partial charge in [0.05, 0.1) is 0 Å². The number of anilines is 3. The van der Waals surface area contributed by atoms with E-state index in [2.05, 4.69) is 32.4 Å². The Morgan fingerprint density at radius 1 is 1.39 bits per heavy atom. The van der Waals surface area contributed by atoms with Gasteiger partial charge >= 0.3 is 0 Å². The first kappa shape index (κ1) is 15.5. The molecule has 0 amide bonds. The molecule has 7 heteroatoms. The van der Waals surface area contributed by atoms with E-state index in [1.54, 1.807) is 12.1 Å². The van der Waals surface area contributed by atoms with Crippen LogP contribution >= 0.6 is 0 Å². The Morgan fingerprint density at radius 3 is 3.00 bits per heavy atom. The van der Waals surface area contributed by atoms with Crippen molar-refractivity contribution in [1.29, 1.82) is 0 Å². The molecule has 23 heavy (non-hydrogen) atoms. The number of nitrogens with one attached hydrogen (secondary N) is 2. The number of benzene rings is 1. The van der Waals surface area contributed by atoms with Crippen LogP contribution in [0.2, 0.25) is 0 Å². The van der Waals surface area contributed by atoms with Crippen molar-refractivity contribution < 1.29 is 4.39 Å². The predicted octanol–water partition coefficient (Wildman–Crippen LogP) is 1.61. The highest BCUT2D eigenvalue weighted by Gasteiger charge is 2.18. The highest BCUT2D eigenvalue weighted by Crippen LogP contribution is 2.19. The molecule has 1 aliphatic heterocycles.